The summed E-state index contributed by atoms with van der Waals surface area (Å²) in [5, 5.41) is 23.3. The lowest BCUT2D eigenvalue weighted by molar-refractivity contribution is -0.173. The van der Waals surface area contributed by atoms with Crippen molar-refractivity contribution in [2.75, 3.05) is 23.8 Å². The summed E-state index contributed by atoms with van der Waals surface area (Å²) in [4.78, 5) is 43.9. The molecule has 4 aromatic rings. The number of allylic oxidation sites excluding steroid dienone is 1. The number of fused-ring (bicyclic) bond motifs is 9. The Labute approximate surface area is 347 Å². The van der Waals surface area contributed by atoms with E-state index in [2.05, 4.69) is 16.0 Å². The maximum atomic E-state index is 14.5. The number of aliphatic imine (C=N–C) groups is 1. The highest BCUT2D eigenvalue weighted by atomic mass is 33.1. The van der Waals surface area contributed by atoms with Crippen LogP contribution >= 0.6 is 21.6 Å². The van der Waals surface area contributed by atoms with Crippen LogP contribution in [-0.4, -0.2) is 79.1 Å². The van der Waals surface area contributed by atoms with Crippen LogP contribution in [0.1, 0.15) is 73.1 Å². The van der Waals surface area contributed by atoms with Crippen LogP contribution < -0.4 is 21.6 Å². The average Bonchev–Trinajstić information content (AvgIpc) is 3.44. The van der Waals surface area contributed by atoms with Gasteiger partial charge in [0.05, 0.1) is 35.8 Å². The number of hydrogen-bond donors (Lipinski definition) is 4. The first-order valence-electron chi connectivity index (χ1n) is 19.9. The Morgan fingerprint density at radius 2 is 1.93 bits per heavy atom. The summed E-state index contributed by atoms with van der Waals surface area (Å²) in [7, 11) is 3.25. The largest absolute Gasteiger partial charge is 0.507 e. The fourth-order valence-corrected chi connectivity index (χ4v) is 11.8. The highest BCUT2D eigenvalue weighted by Gasteiger charge is 2.66. The van der Waals surface area contributed by atoms with E-state index >= 15 is 0 Å². The lowest BCUT2D eigenvalue weighted by Gasteiger charge is -2.46. The van der Waals surface area contributed by atoms with Crippen molar-refractivity contribution in [1.29, 1.82) is 0 Å². The van der Waals surface area contributed by atoms with Crippen molar-refractivity contribution < 1.29 is 33.6 Å². The number of aliphatic hydroxyl groups excluding tert-OH is 1. The van der Waals surface area contributed by atoms with E-state index in [1.165, 1.54) is 11.6 Å². The highest BCUT2D eigenvalue weighted by molar-refractivity contribution is 8.76. The summed E-state index contributed by atoms with van der Waals surface area (Å²) in [5.41, 5.74) is 17.2. The molecular weight excluding hydrogens is 793 g/mol. The van der Waals surface area contributed by atoms with Gasteiger partial charge in [0.25, 0.3) is 0 Å². The van der Waals surface area contributed by atoms with Crippen LogP contribution in [0.5, 0.6) is 11.5 Å². The fourth-order valence-electron chi connectivity index (χ4n) is 9.51. The summed E-state index contributed by atoms with van der Waals surface area (Å²) >= 11 is 0. The minimum Gasteiger partial charge on any atom is -0.507 e. The Kier molecular flexibility index (Phi) is 9.27. The Morgan fingerprint density at radius 3 is 2.78 bits per heavy atom. The molecule has 2 fully saturated rings. The molecule has 59 heavy (non-hydrogen) atoms. The van der Waals surface area contributed by atoms with Gasteiger partial charge < -0.3 is 45.2 Å². The first-order chi connectivity index (χ1) is 28.4. The van der Waals surface area contributed by atoms with Crippen molar-refractivity contribution in [1.82, 2.24) is 14.9 Å². The van der Waals surface area contributed by atoms with Gasteiger partial charge in [0.2, 0.25) is 0 Å². The van der Waals surface area contributed by atoms with E-state index in [-0.39, 0.29) is 28.6 Å². The smallest absolute Gasteiger partial charge is 0.341 e. The number of aromatic hydroxyl groups is 1. The van der Waals surface area contributed by atoms with Gasteiger partial charge in [0.15, 0.2) is 11.0 Å². The summed E-state index contributed by atoms with van der Waals surface area (Å²) in [6, 6.07) is 8.87. The third-order valence-electron chi connectivity index (χ3n) is 12.5. The maximum Gasteiger partial charge on any atom is 0.341 e. The molecule has 6 atom stereocenters. The van der Waals surface area contributed by atoms with E-state index < -0.39 is 41.4 Å². The number of nitrogens with two attached hydrogens (primary N) is 2. The SMILES string of the molecule is Cc1cc(=O)c2c(O)c3c(cc2o1)O[C@@]1(C)CCSSCc2c(cc(CN4C=C5N=CC=C5C4)nc2N)-c2cc(cc(N)n2)CC[C@H]2O[C@]24C[C@@H](O)CC[C@H]3[C@H]1OC4=O. The third kappa shape index (κ3) is 6.73. The molecule has 0 aliphatic carbocycles. The Morgan fingerprint density at radius 1 is 1.07 bits per heavy atom. The molecule has 6 N–H and O–H groups in total. The van der Waals surface area contributed by atoms with Crippen molar-refractivity contribution in [3.8, 4) is 22.8 Å². The van der Waals surface area contributed by atoms with Gasteiger partial charge in [-0.2, -0.15) is 0 Å². The number of rotatable bonds is 2. The van der Waals surface area contributed by atoms with Crippen molar-refractivity contribution in [3.05, 3.63) is 92.2 Å². The number of ether oxygens (including phenoxy) is 3. The van der Waals surface area contributed by atoms with Gasteiger partial charge >= 0.3 is 5.97 Å². The molecule has 14 nitrogen and oxygen atoms in total. The van der Waals surface area contributed by atoms with Gasteiger partial charge in [0.1, 0.15) is 51.6 Å². The Balaban J connectivity index is 1.02. The molecule has 9 heterocycles. The van der Waals surface area contributed by atoms with Crippen LogP contribution in [-0.2, 0) is 33.0 Å². The number of aromatic nitrogens is 2. The van der Waals surface area contributed by atoms with Crippen LogP contribution in [0.4, 0.5) is 11.6 Å². The zero-order valence-corrected chi connectivity index (χ0v) is 34.2. The number of phenols is 1. The first-order valence-corrected chi connectivity index (χ1v) is 22.4. The fraction of sp³-hybridized carbons (Fsp3) is 0.419. The van der Waals surface area contributed by atoms with E-state index in [1.54, 1.807) is 34.6 Å². The van der Waals surface area contributed by atoms with Gasteiger partial charge in [0, 0.05) is 83.6 Å². The van der Waals surface area contributed by atoms with E-state index in [4.69, 9.17) is 40.1 Å². The number of hydrogen-bond acceptors (Lipinski definition) is 16. The molecule has 6 aliphatic rings. The number of nitrogens with zero attached hydrogens (tertiary/aromatic N) is 4. The zero-order chi connectivity index (χ0) is 40.8. The molecule has 6 aliphatic heterocycles. The van der Waals surface area contributed by atoms with Gasteiger partial charge in [-0.3, -0.25) is 9.79 Å². The molecule has 1 aromatic carbocycles. The molecule has 2 saturated heterocycles. The number of aryl methyl sites for hydroxylation is 2. The van der Waals surface area contributed by atoms with E-state index in [1.807, 2.05) is 37.5 Å². The summed E-state index contributed by atoms with van der Waals surface area (Å²) in [5.74, 6) is 1.19. The molecule has 306 valence electrons. The number of epoxide rings is 1. The van der Waals surface area contributed by atoms with Crippen molar-refractivity contribution in [3.63, 3.8) is 0 Å². The summed E-state index contributed by atoms with van der Waals surface area (Å²) in [6.07, 6.45) is 5.73. The average molecular weight is 837 g/mol. The van der Waals surface area contributed by atoms with E-state index in [0.29, 0.717) is 84.6 Å². The van der Waals surface area contributed by atoms with E-state index in [0.717, 1.165) is 34.6 Å². The lowest BCUT2D eigenvalue weighted by Crippen LogP contribution is -2.54. The minimum absolute atomic E-state index is 0.0339. The monoisotopic (exact) mass is 836 g/mol. The number of phenolic OH excluding ortho intramolecular Hbond substituents is 1. The number of nitrogen functional groups attached to an aromatic ring is 2. The molecule has 0 saturated carbocycles. The zero-order valence-electron chi connectivity index (χ0n) is 32.6. The number of aliphatic hydroxyl groups is 1. The van der Waals surface area contributed by atoms with Crippen molar-refractivity contribution >= 4 is 56.4 Å². The van der Waals surface area contributed by atoms with Crippen LogP contribution in [0.25, 0.3) is 22.2 Å². The molecule has 4 bridgehead atoms. The highest BCUT2D eigenvalue weighted by Crippen LogP contribution is 2.55. The molecular formula is C43H44N6O8S2. The number of anilines is 2. The summed E-state index contributed by atoms with van der Waals surface area (Å²) in [6.45, 7) is 4.86. The van der Waals surface area contributed by atoms with Crippen LogP contribution in [0.15, 0.2) is 68.1 Å². The predicted molar refractivity (Wildman–Crippen MR) is 226 cm³/mol. The number of carbonyl (C=O) groups is 1. The molecule has 3 aromatic heterocycles. The third-order valence-corrected chi connectivity index (χ3v) is 14.8. The quantitative estimate of drug-likeness (QED) is 0.106. The van der Waals surface area contributed by atoms with Crippen molar-refractivity contribution in [2.24, 2.45) is 4.99 Å². The number of carbonyl (C=O) groups excluding carboxylic acids is 1. The minimum atomic E-state index is -1.36. The second-order valence-corrected chi connectivity index (χ2v) is 19.2. The number of benzene rings is 1. The molecule has 10 rings (SSSR count). The molecule has 0 amide bonds. The van der Waals surface area contributed by atoms with Crippen LogP contribution in [0.2, 0.25) is 0 Å². The molecule has 0 unspecified atom stereocenters. The van der Waals surface area contributed by atoms with E-state index in [9.17, 15) is 19.8 Å². The Hall–Kier alpha value is -5.03. The predicted octanol–water partition coefficient (Wildman–Crippen LogP) is 5.84. The van der Waals surface area contributed by atoms with Gasteiger partial charge in [-0.1, -0.05) is 21.6 Å². The normalized spacial score (nSPS) is 28.7. The topological polar surface area (TPSA) is 212 Å². The standard InChI is InChI=1S/C43H44N6O8S2/c1-21-11-31(51)37-32(54-21)15-33-36(38(37)52)26-5-4-25(50)16-43-34(57-43)6-3-22-12-29(48-35(44)13-22)27-14-24(18-49-17-23-7-9-46-30(23)19-49)47-40(45)28(27)20-59-58-10-8-42(2,56-33)39(26)55-41(43)53/h7,9,11-15,19,25-26,34,39,50,52H,3-6,8,10,16-18,20H2,1-2H3,(H2,44,48)(H2,45,47)/t25-,26+,34+,39+,42-,43+/m0/s1. The Bertz CT molecular complexity index is 2600. The van der Waals surface area contributed by atoms with Gasteiger partial charge in [-0.15, -0.1) is 0 Å². The molecule has 16 heteroatoms. The van der Waals surface area contributed by atoms with Gasteiger partial charge in [-0.05, 0) is 69.4 Å². The van der Waals surface area contributed by atoms with Crippen molar-refractivity contribution in [2.45, 2.75) is 100 Å². The molecule has 0 radical (unpaired) electrons. The van der Waals surface area contributed by atoms with Crippen LogP contribution in [0.3, 0.4) is 0 Å². The first kappa shape index (κ1) is 38.2. The second-order valence-electron chi connectivity index (χ2n) is 16.6. The lowest BCUT2D eigenvalue weighted by atomic mass is 9.76. The van der Waals surface area contributed by atoms with Gasteiger partial charge in [-0.25, -0.2) is 14.8 Å². The number of esters is 1. The molecule has 1 spiro atoms. The second kappa shape index (κ2) is 14.3. The summed E-state index contributed by atoms with van der Waals surface area (Å²) < 4.78 is 25.5. The maximum absolute atomic E-state index is 14.5. The number of pyridine rings is 2. The van der Waals surface area contributed by atoms with Crippen LogP contribution in [0, 0.1) is 6.92 Å².